The molecule has 1 aliphatic rings. The van der Waals surface area contributed by atoms with E-state index in [2.05, 4.69) is 15.2 Å². The molecule has 3 N–H and O–H groups in total. The van der Waals surface area contributed by atoms with Gasteiger partial charge in [-0.25, -0.2) is 13.6 Å². The summed E-state index contributed by atoms with van der Waals surface area (Å²) in [6.07, 6.45) is -0.384. The van der Waals surface area contributed by atoms with Gasteiger partial charge in [0.25, 0.3) is 6.43 Å². The van der Waals surface area contributed by atoms with Crippen LogP contribution in [0.5, 0.6) is 5.75 Å². The fraction of sp³-hybridized carbons (Fsp3) is 0.407. The third-order valence-electron chi connectivity index (χ3n) is 6.92. The highest BCUT2D eigenvalue weighted by Gasteiger charge is 2.31. The summed E-state index contributed by atoms with van der Waals surface area (Å²) in [4.78, 5) is 31.1. The van der Waals surface area contributed by atoms with Crippen molar-refractivity contribution in [3.63, 3.8) is 0 Å². The van der Waals surface area contributed by atoms with Crippen LogP contribution in [0.15, 0.2) is 36.5 Å². The molecule has 1 aromatic heterocycles. The van der Waals surface area contributed by atoms with Gasteiger partial charge < -0.3 is 20.1 Å². The number of benzene rings is 2. The average molecular weight is 515 g/mol. The Hall–Kier alpha value is -3.50. The van der Waals surface area contributed by atoms with Crippen LogP contribution in [0.4, 0.5) is 14.5 Å². The first-order valence-electron chi connectivity index (χ1n) is 12.3. The van der Waals surface area contributed by atoms with Crippen LogP contribution in [0.2, 0.25) is 0 Å². The van der Waals surface area contributed by atoms with Crippen LogP contribution < -0.4 is 10.1 Å². The summed E-state index contributed by atoms with van der Waals surface area (Å²) >= 11 is 0. The van der Waals surface area contributed by atoms with E-state index < -0.39 is 12.4 Å². The third-order valence-corrected chi connectivity index (χ3v) is 6.92. The molecule has 1 aliphatic heterocycles. The van der Waals surface area contributed by atoms with Gasteiger partial charge in [-0.05, 0) is 42.3 Å². The number of halogens is 2. The molecule has 0 bridgehead atoms. The Labute approximate surface area is 214 Å². The standard InChI is InChI=1S/C27H32F2N4O4/c1-4-25(34)31-21-12-17(5-6-19(21)27(35)36)22-14-32(15-24(28)29)9-10-33(22)13-20-18-7-8-30-26(18)16(2)11-23(20)37-3/h5-8,11-12,22,24,30H,4,9-10,13-15H2,1-3H3,(H,31,34)(H,35,36)/t22-/m0/s1. The van der Waals surface area contributed by atoms with Gasteiger partial charge >= 0.3 is 5.97 Å². The molecular formula is C27H32F2N4O4. The summed E-state index contributed by atoms with van der Waals surface area (Å²) in [5.74, 6) is -0.716. The second kappa shape index (κ2) is 11.3. The maximum Gasteiger partial charge on any atom is 0.337 e. The van der Waals surface area contributed by atoms with Gasteiger partial charge in [0.05, 0.1) is 24.9 Å². The first-order valence-corrected chi connectivity index (χ1v) is 12.3. The van der Waals surface area contributed by atoms with E-state index in [1.165, 1.54) is 6.07 Å². The lowest BCUT2D eigenvalue weighted by Crippen LogP contribution is -2.49. The lowest BCUT2D eigenvalue weighted by molar-refractivity contribution is -0.115. The smallest absolute Gasteiger partial charge is 0.337 e. The molecule has 0 aliphatic carbocycles. The fourth-order valence-electron chi connectivity index (χ4n) is 5.03. The number of aromatic carboxylic acids is 1. The van der Waals surface area contributed by atoms with Gasteiger partial charge in [-0.1, -0.05) is 13.0 Å². The van der Waals surface area contributed by atoms with Gasteiger partial charge in [-0.15, -0.1) is 0 Å². The molecule has 198 valence electrons. The molecule has 2 aromatic carbocycles. The van der Waals surface area contributed by atoms with E-state index in [9.17, 15) is 23.5 Å². The number of rotatable bonds is 9. The number of carbonyl (C=O) groups is 2. The Balaban J connectivity index is 1.74. The van der Waals surface area contributed by atoms with Gasteiger partial charge in [0, 0.05) is 61.3 Å². The van der Waals surface area contributed by atoms with Crippen molar-refractivity contribution in [1.82, 2.24) is 14.8 Å². The van der Waals surface area contributed by atoms with Gasteiger partial charge in [-0.2, -0.15) is 0 Å². The minimum atomic E-state index is -2.46. The first kappa shape index (κ1) is 26.6. The molecule has 0 saturated carbocycles. The molecular weight excluding hydrogens is 482 g/mol. The normalized spacial score (nSPS) is 16.9. The van der Waals surface area contributed by atoms with Gasteiger partial charge in [0.15, 0.2) is 0 Å². The Morgan fingerprint density at radius 2 is 2.03 bits per heavy atom. The number of aromatic amines is 1. The molecule has 2 heterocycles. The van der Waals surface area contributed by atoms with Crippen LogP contribution in [0.1, 0.15) is 46.4 Å². The molecule has 8 nitrogen and oxygen atoms in total. The number of alkyl halides is 2. The number of methoxy groups -OCH3 is 1. The monoisotopic (exact) mass is 514 g/mol. The Morgan fingerprint density at radius 3 is 2.70 bits per heavy atom. The molecule has 1 fully saturated rings. The lowest BCUT2D eigenvalue weighted by Gasteiger charge is -2.42. The highest BCUT2D eigenvalue weighted by Crippen LogP contribution is 2.36. The SMILES string of the molecule is CCC(=O)Nc1cc([C@@H]2CN(CC(F)F)CCN2Cc2c(OC)cc(C)c3[nH]ccc23)ccc1C(=O)O. The number of hydrogen-bond acceptors (Lipinski definition) is 5. The second-order valence-electron chi connectivity index (χ2n) is 9.29. The summed E-state index contributed by atoms with van der Waals surface area (Å²) < 4.78 is 32.3. The molecule has 0 spiro atoms. The molecule has 1 saturated heterocycles. The van der Waals surface area contributed by atoms with Crippen LogP contribution in [0.3, 0.4) is 0 Å². The minimum absolute atomic E-state index is 0.0217. The van der Waals surface area contributed by atoms with E-state index in [0.717, 1.165) is 33.3 Å². The quantitative estimate of drug-likeness (QED) is 0.385. The number of piperazine rings is 1. The van der Waals surface area contributed by atoms with Crippen molar-refractivity contribution < 1.29 is 28.2 Å². The molecule has 0 unspecified atom stereocenters. The van der Waals surface area contributed by atoms with Crippen molar-refractivity contribution >= 4 is 28.5 Å². The maximum absolute atomic E-state index is 13.3. The van der Waals surface area contributed by atoms with Crippen molar-refractivity contribution in [1.29, 1.82) is 0 Å². The highest BCUT2D eigenvalue weighted by molar-refractivity contribution is 6.00. The van der Waals surface area contributed by atoms with Gasteiger partial charge in [-0.3, -0.25) is 14.6 Å². The number of carbonyl (C=O) groups excluding carboxylic acids is 1. The largest absolute Gasteiger partial charge is 0.496 e. The summed E-state index contributed by atoms with van der Waals surface area (Å²) in [5.41, 5.74) is 3.97. The summed E-state index contributed by atoms with van der Waals surface area (Å²) in [6, 6.07) is 8.49. The minimum Gasteiger partial charge on any atom is -0.496 e. The third kappa shape index (κ3) is 5.75. The van der Waals surface area contributed by atoms with E-state index in [-0.39, 0.29) is 36.2 Å². The number of hydrogen-bond donors (Lipinski definition) is 3. The molecule has 37 heavy (non-hydrogen) atoms. The molecule has 3 aromatic rings. The van der Waals surface area contributed by atoms with Gasteiger partial charge in [0.1, 0.15) is 5.75 Å². The molecule has 1 atom stereocenters. The number of nitrogens with one attached hydrogen (secondary N) is 2. The fourth-order valence-corrected chi connectivity index (χ4v) is 5.03. The Kier molecular flexibility index (Phi) is 8.09. The van der Waals surface area contributed by atoms with Crippen molar-refractivity contribution in [2.75, 3.05) is 38.6 Å². The predicted molar refractivity (Wildman–Crippen MR) is 138 cm³/mol. The molecule has 1 amide bonds. The Morgan fingerprint density at radius 1 is 1.24 bits per heavy atom. The molecule has 0 radical (unpaired) electrons. The number of carboxylic acids is 1. The number of H-pyrrole nitrogens is 1. The van der Waals surface area contributed by atoms with Crippen LogP contribution in [0, 0.1) is 6.92 Å². The van der Waals surface area contributed by atoms with E-state index in [0.29, 0.717) is 26.2 Å². The second-order valence-corrected chi connectivity index (χ2v) is 9.29. The van der Waals surface area contributed by atoms with E-state index in [4.69, 9.17) is 4.74 Å². The average Bonchev–Trinajstić information content (AvgIpc) is 3.36. The van der Waals surface area contributed by atoms with E-state index >= 15 is 0 Å². The topological polar surface area (TPSA) is 97.9 Å². The number of carboxylic acid groups (broad SMARTS) is 1. The van der Waals surface area contributed by atoms with Crippen molar-refractivity contribution in [3.8, 4) is 5.75 Å². The van der Waals surface area contributed by atoms with Crippen LogP contribution in [0.25, 0.3) is 10.9 Å². The number of anilines is 1. The van der Waals surface area contributed by atoms with Crippen molar-refractivity contribution in [3.05, 3.63) is 58.8 Å². The molecule has 10 heteroatoms. The van der Waals surface area contributed by atoms with Crippen molar-refractivity contribution in [2.45, 2.75) is 39.3 Å². The van der Waals surface area contributed by atoms with Crippen LogP contribution >= 0.6 is 0 Å². The number of aromatic nitrogens is 1. The van der Waals surface area contributed by atoms with E-state index in [1.807, 2.05) is 25.3 Å². The number of fused-ring (bicyclic) bond motifs is 1. The number of ether oxygens (including phenoxy) is 1. The maximum atomic E-state index is 13.3. The van der Waals surface area contributed by atoms with Crippen LogP contribution in [-0.4, -0.2) is 71.5 Å². The zero-order valence-corrected chi connectivity index (χ0v) is 21.2. The lowest BCUT2D eigenvalue weighted by atomic mass is 9.97. The molecule has 4 rings (SSSR count). The zero-order chi connectivity index (χ0) is 26.7. The van der Waals surface area contributed by atoms with Crippen molar-refractivity contribution in [2.24, 2.45) is 0 Å². The van der Waals surface area contributed by atoms with Gasteiger partial charge in [0.2, 0.25) is 5.91 Å². The Bertz CT molecular complexity index is 1290. The highest BCUT2D eigenvalue weighted by atomic mass is 19.3. The number of aryl methyl sites for hydroxylation is 1. The predicted octanol–water partition coefficient (Wildman–Crippen LogP) is 4.66. The van der Waals surface area contributed by atoms with Crippen LogP contribution in [-0.2, 0) is 11.3 Å². The summed E-state index contributed by atoms with van der Waals surface area (Å²) in [5, 5.41) is 13.3. The summed E-state index contributed by atoms with van der Waals surface area (Å²) in [7, 11) is 1.63. The first-order chi connectivity index (χ1) is 17.7. The summed E-state index contributed by atoms with van der Waals surface area (Å²) in [6.45, 7) is 5.18. The zero-order valence-electron chi connectivity index (χ0n) is 21.2. The van der Waals surface area contributed by atoms with E-state index in [1.54, 1.807) is 31.1 Å². The number of nitrogens with zero attached hydrogens (tertiary/aromatic N) is 2. The number of amides is 1.